The molecule has 0 aliphatic carbocycles. The quantitative estimate of drug-likeness (QED) is 0.701. The molecule has 0 saturated heterocycles. The fourth-order valence-electron chi connectivity index (χ4n) is 2.40. The molecule has 0 atom stereocenters. The van der Waals surface area contributed by atoms with E-state index in [0.717, 1.165) is 0 Å². The van der Waals surface area contributed by atoms with Crippen LogP contribution in [0, 0.1) is 0 Å². The smallest absolute Gasteiger partial charge is 0.259 e. The Hall–Kier alpha value is -3.42. The predicted molar refractivity (Wildman–Crippen MR) is 98.5 cm³/mol. The molecule has 3 aromatic rings. The molecule has 3 rings (SSSR count). The number of amides is 1. The van der Waals surface area contributed by atoms with E-state index in [2.05, 4.69) is 20.4 Å². The van der Waals surface area contributed by atoms with Crippen LogP contribution in [-0.4, -0.2) is 46.4 Å². The van der Waals surface area contributed by atoms with E-state index in [9.17, 15) is 4.79 Å². The van der Waals surface area contributed by atoms with Gasteiger partial charge in [-0.3, -0.25) is 4.79 Å². The summed E-state index contributed by atoms with van der Waals surface area (Å²) < 4.78 is 7.40. The first-order chi connectivity index (χ1) is 12.6. The number of hydrogen-bond acceptors (Lipinski definition) is 6. The molecule has 0 radical (unpaired) electrons. The third kappa shape index (κ3) is 4.35. The zero-order valence-corrected chi connectivity index (χ0v) is 14.7. The van der Waals surface area contributed by atoms with Crippen molar-refractivity contribution >= 4 is 17.4 Å². The van der Waals surface area contributed by atoms with Crippen molar-refractivity contribution in [3.05, 3.63) is 60.8 Å². The molecule has 8 heteroatoms. The van der Waals surface area contributed by atoms with Gasteiger partial charge in [-0.05, 0) is 24.3 Å². The van der Waals surface area contributed by atoms with Crippen LogP contribution in [0.25, 0.3) is 0 Å². The maximum Gasteiger partial charge on any atom is 0.259 e. The van der Waals surface area contributed by atoms with Gasteiger partial charge >= 0.3 is 0 Å². The van der Waals surface area contributed by atoms with Crippen molar-refractivity contribution in [2.24, 2.45) is 0 Å². The van der Waals surface area contributed by atoms with E-state index in [1.54, 1.807) is 40.3 Å². The monoisotopic (exact) mass is 352 g/mol. The first kappa shape index (κ1) is 17.4. The Balaban J connectivity index is 1.64. The van der Waals surface area contributed by atoms with Crippen LogP contribution in [0.1, 0.15) is 10.4 Å². The van der Waals surface area contributed by atoms with E-state index in [-0.39, 0.29) is 5.91 Å². The normalized spacial score (nSPS) is 10.4. The third-order valence-corrected chi connectivity index (χ3v) is 3.60. The van der Waals surface area contributed by atoms with E-state index in [1.165, 1.54) is 6.33 Å². The van der Waals surface area contributed by atoms with Gasteiger partial charge < -0.3 is 15.0 Å². The van der Waals surface area contributed by atoms with E-state index in [0.29, 0.717) is 36.0 Å². The summed E-state index contributed by atoms with van der Waals surface area (Å²) in [6.45, 7) is 1.05. The molecular formula is C18H20N6O2. The summed E-state index contributed by atoms with van der Waals surface area (Å²) in [6, 6.07) is 10.8. The summed E-state index contributed by atoms with van der Waals surface area (Å²) in [6.07, 6.45) is 4.78. The Bertz CT molecular complexity index is 864. The van der Waals surface area contributed by atoms with Crippen molar-refractivity contribution in [1.29, 1.82) is 0 Å². The minimum Gasteiger partial charge on any atom is -0.492 e. The average molecular weight is 352 g/mol. The summed E-state index contributed by atoms with van der Waals surface area (Å²) in [5, 5.41) is 6.90. The molecule has 1 N–H and O–H groups in total. The van der Waals surface area contributed by atoms with Crippen molar-refractivity contribution in [2.75, 3.05) is 30.9 Å². The molecule has 26 heavy (non-hydrogen) atoms. The molecule has 2 heterocycles. The van der Waals surface area contributed by atoms with Gasteiger partial charge in [0.25, 0.3) is 5.91 Å². The number of aromatic nitrogens is 4. The molecule has 8 nitrogen and oxygen atoms in total. The highest BCUT2D eigenvalue weighted by molar-refractivity contribution is 6.07. The third-order valence-electron chi connectivity index (χ3n) is 3.60. The zero-order chi connectivity index (χ0) is 18.4. The first-order valence-corrected chi connectivity index (χ1v) is 8.12. The molecule has 0 fully saturated rings. The van der Waals surface area contributed by atoms with Crippen molar-refractivity contribution in [3.63, 3.8) is 0 Å². The van der Waals surface area contributed by atoms with Crippen molar-refractivity contribution in [3.8, 4) is 5.75 Å². The lowest BCUT2D eigenvalue weighted by atomic mass is 10.2. The molecule has 0 aliphatic rings. The molecular weight excluding hydrogens is 332 g/mol. The second-order valence-corrected chi connectivity index (χ2v) is 5.76. The second kappa shape index (κ2) is 8.11. The summed E-state index contributed by atoms with van der Waals surface area (Å²) >= 11 is 0. The van der Waals surface area contributed by atoms with E-state index < -0.39 is 0 Å². The number of benzene rings is 1. The van der Waals surface area contributed by atoms with Crippen LogP contribution in [0.5, 0.6) is 5.75 Å². The fourth-order valence-corrected chi connectivity index (χ4v) is 2.40. The van der Waals surface area contributed by atoms with Gasteiger partial charge in [0.1, 0.15) is 30.8 Å². The van der Waals surface area contributed by atoms with Crippen LogP contribution in [0.2, 0.25) is 0 Å². The van der Waals surface area contributed by atoms with Gasteiger partial charge in [0.05, 0.1) is 12.1 Å². The van der Waals surface area contributed by atoms with E-state index in [4.69, 9.17) is 4.74 Å². The average Bonchev–Trinajstić information content (AvgIpc) is 3.15. The molecule has 0 saturated carbocycles. The van der Waals surface area contributed by atoms with Gasteiger partial charge in [-0.1, -0.05) is 6.07 Å². The first-order valence-electron chi connectivity index (χ1n) is 8.12. The second-order valence-electron chi connectivity index (χ2n) is 5.76. The lowest BCUT2D eigenvalue weighted by Gasteiger charge is -2.15. The minimum absolute atomic E-state index is 0.221. The largest absolute Gasteiger partial charge is 0.492 e. The number of nitrogens with zero attached hydrogens (tertiary/aromatic N) is 5. The van der Waals surface area contributed by atoms with Crippen LogP contribution in [0.3, 0.4) is 0 Å². The zero-order valence-electron chi connectivity index (χ0n) is 14.7. The Morgan fingerprint density at radius 3 is 2.92 bits per heavy atom. The predicted octanol–water partition coefficient (Wildman–Crippen LogP) is 2.07. The Morgan fingerprint density at radius 1 is 1.27 bits per heavy atom. The van der Waals surface area contributed by atoms with Crippen molar-refractivity contribution in [2.45, 2.75) is 6.54 Å². The topological polar surface area (TPSA) is 85.2 Å². The van der Waals surface area contributed by atoms with E-state index in [1.807, 2.05) is 32.3 Å². The molecule has 0 spiro atoms. The van der Waals surface area contributed by atoms with Crippen molar-refractivity contribution in [1.82, 2.24) is 19.7 Å². The van der Waals surface area contributed by atoms with Crippen LogP contribution >= 0.6 is 0 Å². The highest BCUT2D eigenvalue weighted by atomic mass is 16.5. The highest BCUT2D eigenvalue weighted by Crippen LogP contribution is 2.20. The maximum absolute atomic E-state index is 12.6. The molecule has 1 aromatic carbocycles. The fraction of sp³-hybridized carbons (Fsp3) is 0.222. The van der Waals surface area contributed by atoms with Crippen LogP contribution in [0.4, 0.5) is 11.5 Å². The molecule has 0 aliphatic heterocycles. The summed E-state index contributed by atoms with van der Waals surface area (Å²) in [5.74, 6) is 1.06. The van der Waals surface area contributed by atoms with Crippen LogP contribution < -0.4 is 15.0 Å². The lowest BCUT2D eigenvalue weighted by molar-refractivity contribution is 0.102. The molecule has 1 amide bonds. The van der Waals surface area contributed by atoms with Gasteiger partial charge in [0.2, 0.25) is 0 Å². The number of carbonyl (C=O) groups excluding carboxylic acids is 1. The Labute approximate surface area is 151 Å². The van der Waals surface area contributed by atoms with Crippen molar-refractivity contribution < 1.29 is 9.53 Å². The van der Waals surface area contributed by atoms with Gasteiger partial charge in [0.15, 0.2) is 0 Å². The summed E-state index contributed by atoms with van der Waals surface area (Å²) in [4.78, 5) is 22.5. The molecule has 0 bridgehead atoms. The Kier molecular flexibility index (Phi) is 5.43. The lowest BCUT2D eigenvalue weighted by Crippen LogP contribution is -2.19. The number of ether oxygens (including phenoxy) is 1. The number of nitrogens with one attached hydrogen (secondary N) is 1. The number of hydrogen-bond donors (Lipinski definition) is 1. The minimum atomic E-state index is -0.221. The molecule has 134 valence electrons. The SMILES string of the molecule is CN(C)c1ncccc1C(=O)Nc1cccc(OCCn2cncn2)c1. The molecule has 2 aromatic heterocycles. The number of carbonyl (C=O) groups is 1. The number of rotatable bonds is 7. The van der Waals surface area contributed by atoms with Gasteiger partial charge in [0, 0.05) is 32.0 Å². The van der Waals surface area contributed by atoms with Crippen LogP contribution in [-0.2, 0) is 6.54 Å². The van der Waals surface area contributed by atoms with E-state index >= 15 is 0 Å². The number of pyridine rings is 1. The standard InChI is InChI=1S/C18H20N6O2/c1-23(2)17-16(7-4-8-20-17)18(25)22-14-5-3-6-15(11-14)26-10-9-24-13-19-12-21-24/h3-8,11-13H,9-10H2,1-2H3,(H,22,25). The summed E-state index contributed by atoms with van der Waals surface area (Å²) in [7, 11) is 3.70. The highest BCUT2D eigenvalue weighted by Gasteiger charge is 2.14. The number of anilines is 2. The van der Waals surface area contributed by atoms with Gasteiger partial charge in [-0.15, -0.1) is 0 Å². The van der Waals surface area contributed by atoms with Gasteiger partial charge in [-0.25, -0.2) is 14.6 Å². The molecule has 0 unspecified atom stereocenters. The van der Waals surface area contributed by atoms with Crippen LogP contribution in [0.15, 0.2) is 55.2 Å². The maximum atomic E-state index is 12.6. The summed E-state index contributed by atoms with van der Waals surface area (Å²) in [5.41, 5.74) is 1.16. The van der Waals surface area contributed by atoms with Gasteiger partial charge in [-0.2, -0.15) is 5.10 Å². The Morgan fingerprint density at radius 2 is 2.15 bits per heavy atom.